The summed E-state index contributed by atoms with van der Waals surface area (Å²) in [4.78, 5) is 12.2. The van der Waals surface area contributed by atoms with Crippen molar-refractivity contribution < 1.29 is 4.79 Å². The van der Waals surface area contributed by atoms with E-state index in [-0.39, 0.29) is 6.03 Å². The Kier molecular flexibility index (Phi) is 5.61. The maximum absolute atomic E-state index is 12.2. The van der Waals surface area contributed by atoms with Crippen LogP contribution in [0.1, 0.15) is 16.8 Å². The Morgan fingerprint density at radius 1 is 0.862 bits per heavy atom. The van der Waals surface area contributed by atoms with E-state index in [0.717, 1.165) is 18.7 Å². The highest BCUT2D eigenvalue weighted by Crippen LogP contribution is 2.27. The number of amides is 2. The van der Waals surface area contributed by atoms with Gasteiger partial charge < -0.3 is 15.2 Å². The topological polar surface area (TPSA) is 46.1 Å². The van der Waals surface area contributed by atoms with Crippen molar-refractivity contribution >= 4 is 22.6 Å². The van der Waals surface area contributed by atoms with E-state index in [9.17, 15) is 4.79 Å². The minimum Gasteiger partial charge on any atom is -0.340 e. The summed E-state index contributed by atoms with van der Waals surface area (Å²) in [6.07, 6.45) is 0.788. The van der Waals surface area contributed by atoms with Crippen molar-refractivity contribution in [1.29, 1.82) is 0 Å². The summed E-state index contributed by atoms with van der Waals surface area (Å²) in [5.41, 5.74) is 5.85. The maximum atomic E-state index is 12.2. The number of urea groups is 1. The number of nitrogens with one attached hydrogen (secondary N) is 2. The molecule has 0 bridgehead atoms. The number of benzene rings is 3. The molecule has 0 aliphatic heterocycles. The minimum atomic E-state index is -0.179. The summed E-state index contributed by atoms with van der Waals surface area (Å²) < 4.78 is 2.37. The van der Waals surface area contributed by atoms with E-state index in [1.807, 2.05) is 36.4 Å². The first kappa shape index (κ1) is 18.8. The zero-order valence-electron chi connectivity index (χ0n) is 16.6. The van der Waals surface area contributed by atoms with Gasteiger partial charge in [-0.2, -0.15) is 0 Å². The van der Waals surface area contributed by atoms with Gasteiger partial charge in [-0.25, -0.2) is 4.79 Å². The molecule has 4 aromatic rings. The molecule has 1 heterocycles. The summed E-state index contributed by atoms with van der Waals surface area (Å²) in [5, 5.41) is 7.09. The molecule has 3 aromatic carbocycles. The molecule has 2 amide bonds. The quantitative estimate of drug-likeness (QED) is 0.462. The standard InChI is InChI=1S/C25H25N3O/c1-19-22(16-17-26-25(29)27-21-12-6-3-7-13-21)23-14-8-9-15-24(23)28(19)18-20-10-4-2-5-11-20/h2-15H,16-18H2,1H3,(H2,26,27,29). The van der Waals surface area contributed by atoms with Crippen LogP contribution in [0.4, 0.5) is 10.5 Å². The Morgan fingerprint density at radius 2 is 1.52 bits per heavy atom. The van der Waals surface area contributed by atoms with Crippen LogP contribution in [0.15, 0.2) is 84.9 Å². The van der Waals surface area contributed by atoms with Crippen LogP contribution in [0, 0.1) is 6.92 Å². The lowest BCUT2D eigenvalue weighted by Crippen LogP contribution is -2.30. The molecule has 0 aliphatic carbocycles. The van der Waals surface area contributed by atoms with E-state index in [2.05, 4.69) is 70.7 Å². The van der Waals surface area contributed by atoms with Gasteiger partial charge in [-0.15, -0.1) is 0 Å². The lowest BCUT2D eigenvalue weighted by atomic mass is 10.1. The third kappa shape index (κ3) is 4.32. The molecule has 0 fully saturated rings. The van der Waals surface area contributed by atoms with E-state index >= 15 is 0 Å². The van der Waals surface area contributed by atoms with Gasteiger partial charge in [0.05, 0.1) is 0 Å². The van der Waals surface area contributed by atoms with E-state index in [1.165, 1.54) is 27.7 Å². The molecule has 0 atom stereocenters. The molecule has 1 aromatic heterocycles. The third-order valence-corrected chi connectivity index (χ3v) is 5.24. The smallest absolute Gasteiger partial charge is 0.319 e. The van der Waals surface area contributed by atoms with Gasteiger partial charge in [0, 0.05) is 35.4 Å². The largest absolute Gasteiger partial charge is 0.340 e. The number of fused-ring (bicyclic) bond motifs is 1. The average Bonchev–Trinajstić information content (AvgIpc) is 3.01. The van der Waals surface area contributed by atoms with Crippen molar-refractivity contribution in [1.82, 2.24) is 9.88 Å². The SMILES string of the molecule is Cc1c(CCNC(=O)Nc2ccccc2)c2ccccc2n1Cc1ccccc1. The van der Waals surface area contributed by atoms with Crippen LogP contribution in [0.3, 0.4) is 0 Å². The fourth-order valence-corrected chi connectivity index (χ4v) is 3.79. The molecule has 146 valence electrons. The third-order valence-electron chi connectivity index (χ3n) is 5.24. The number of para-hydroxylation sites is 2. The second kappa shape index (κ2) is 8.65. The van der Waals surface area contributed by atoms with Crippen LogP contribution in [-0.2, 0) is 13.0 Å². The molecule has 0 saturated heterocycles. The number of nitrogens with zero attached hydrogens (tertiary/aromatic N) is 1. The lowest BCUT2D eigenvalue weighted by molar-refractivity contribution is 0.252. The molecule has 0 radical (unpaired) electrons. The highest BCUT2D eigenvalue weighted by atomic mass is 16.2. The van der Waals surface area contributed by atoms with E-state index in [0.29, 0.717) is 6.54 Å². The number of hydrogen-bond acceptors (Lipinski definition) is 1. The van der Waals surface area contributed by atoms with Gasteiger partial charge in [0.2, 0.25) is 0 Å². The van der Waals surface area contributed by atoms with Gasteiger partial charge in [-0.3, -0.25) is 0 Å². The second-order valence-electron chi connectivity index (χ2n) is 7.15. The minimum absolute atomic E-state index is 0.179. The summed E-state index contributed by atoms with van der Waals surface area (Å²) in [6.45, 7) is 3.59. The number of carbonyl (C=O) groups is 1. The summed E-state index contributed by atoms with van der Waals surface area (Å²) >= 11 is 0. The normalized spacial score (nSPS) is 10.8. The van der Waals surface area contributed by atoms with Gasteiger partial charge in [-0.1, -0.05) is 66.7 Å². The molecule has 2 N–H and O–H groups in total. The predicted octanol–water partition coefficient (Wildman–Crippen LogP) is 5.36. The molecular weight excluding hydrogens is 358 g/mol. The highest BCUT2D eigenvalue weighted by Gasteiger charge is 2.14. The molecule has 29 heavy (non-hydrogen) atoms. The van der Waals surface area contributed by atoms with Gasteiger partial charge in [-0.05, 0) is 42.7 Å². The molecular formula is C25H25N3O. The summed E-state index contributed by atoms with van der Waals surface area (Å²) in [7, 11) is 0. The van der Waals surface area contributed by atoms with Crippen LogP contribution >= 0.6 is 0 Å². The maximum Gasteiger partial charge on any atom is 0.319 e. The molecule has 0 unspecified atom stereocenters. The molecule has 0 saturated carbocycles. The highest BCUT2D eigenvalue weighted by molar-refractivity contribution is 5.89. The van der Waals surface area contributed by atoms with Gasteiger partial charge in [0.25, 0.3) is 0 Å². The fraction of sp³-hybridized carbons (Fsp3) is 0.160. The van der Waals surface area contributed by atoms with Crippen LogP contribution in [-0.4, -0.2) is 17.1 Å². The first-order chi connectivity index (χ1) is 14.2. The van der Waals surface area contributed by atoms with Crippen molar-refractivity contribution in [3.63, 3.8) is 0 Å². The Labute approximate surface area is 171 Å². The number of carbonyl (C=O) groups excluding carboxylic acids is 1. The number of rotatable bonds is 6. The summed E-state index contributed by atoms with van der Waals surface area (Å²) in [6, 6.07) is 28.3. The molecule has 4 rings (SSSR count). The van der Waals surface area contributed by atoms with Crippen molar-refractivity contribution in [2.45, 2.75) is 19.9 Å². The molecule has 4 nitrogen and oxygen atoms in total. The van der Waals surface area contributed by atoms with E-state index in [1.54, 1.807) is 0 Å². The van der Waals surface area contributed by atoms with Crippen molar-refractivity contribution in [2.75, 3.05) is 11.9 Å². The average molecular weight is 383 g/mol. The number of hydrogen-bond donors (Lipinski definition) is 2. The Morgan fingerprint density at radius 3 is 2.28 bits per heavy atom. The zero-order valence-corrected chi connectivity index (χ0v) is 16.6. The van der Waals surface area contributed by atoms with Crippen LogP contribution in [0.25, 0.3) is 10.9 Å². The van der Waals surface area contributed by atoms with Gasteiger partial charge in [0.15, 0.2) is 0 Å². The van der Waals surface area contributed by atoms with Crippen LogP contribution in [0.2, 0.25) is 0 Å². The van der Waals surface area contributed by atoms with E-state index in [4.69, 9.17) is 0 Å². The Balaban J connectivity index is 1.49. The molecule has 0 aliphatic rings. The molecule has 0 spiro atoms. The van der Waals surface area contributed by atoms with Crippen molar-refractivity contribution in [2.24, 2.45) is 0 Å². The first-order valence-corrected chi connectivity index (χ1v) is 9.93. The monoisotopic (exact) mass is 383 g/mol. The van der Waals surface area contributed by atoms with Gasteiger partial charge >= 0.3 is 6.03 Å². The van der Waals surface area contributed by atoms with Crippen molar-refractivity contribution in [3.05, 3.63) is 102 Å². The van der Waals surface area contributed by atoms with E-state index < -0.39 is 0 Å². The van der Waals surface area contributed by atoms with Gasteiger partial charge in [0.1, 0.15) is 0 Å². The molecule has 4 heteroatoms. The fourth-order valence-electron chi connectivity index (χ4n) is 3.79. The van der Waals surface area contributed by atoms with Crippen molar-refractivity contribution in [3.8, 4) is 0 Å². The Bertz CT molecular complexity index is 1100. The predicted molar refractivity (Wildman–Crippen MR) is 119 cm³/mol. The Hall–Kier alpha value is -3.53. The van der Waals surface area contributed by atoms with Crippen LogP contribution in [0.5, 0.6) is 0 Å². The summed E-state index contributed by atoms with van der Waals surface area (Å²) in [5.74, 6) is 0. The first-order valence-electron chi connectivity index (χ1n) is 9.93. The number of anilines is 1. The zero-order chi connectivity index (χ0) is 20.1. The lowest BCUT2D eigenvalue weighted by Gasteiger charge is -2.10. The second-order valence-corrected chi connectivity index (χ2v) is 7.15. The number of aromatic nitrogens is 1. The van der Waals surface area contributed by atoms with Crippen LogP contribution < -0.4 is 10.6 Å².